The lowest BCUT2D eigenvalue weighted by Gasteiger charge is -2.12. The summed E-state index contributed by atoms with van der Waals surface area (Å²) in [6.07, 6.45) is 6.44. The van der Waals surface area contributed by atoms with Gasteiger partial charge in [-0.05, 0) is 6.42 Å². The summed E-state index contributed by atoms with van der Waals surface area (Å²) in [6.45, 7) is 5.63. The zero-order valence-electron chi connectivity index (χ0n) is 8.58. The molecule has 0 heterocycles. The van der Waals surface area contributed by atoms with Crippen LogP contribution in [0.15, 0.2) is 12.7 Å². The second-order valence-electron chi connectivity index (χ2n) is 3.54. The zero-order valence-corrected chi connectivity index (χ0v) is 8.58. The van der Waals surface area contributed by atoms with Gasteiger partial charge in [0.15, 0.2) is 0 Å². The van der Waals surface area contributed by atoms with Crippen LogP contribution >= 0.6 is 0 Å². The predicted molar refractivity (Wildman–Crippen MR) is 55.6 cm³/mol. The van der Waals surface area contributed by atoms with Crippen molar-refractivity contribution in [2.45, 2.75) is 57.7 Å². The molecular formula is C11H22O2. The zero-order chi connectivity index (χ0) is 10.1. The largest absolute Gasteiger partial charge is 0.393 e. The molecule has 2 heteroatoms. The van der Waals surface area contributed by atoms with E-state index in [0.29, 0.717) is 6.42 Å². The molecule has 0 aliphatic rings. The Kier molecular flexibility index (Phi) is 8.05. The molecule has 0 fully saturated rings. The van der Waals surface area contributed by atoms with Gasteiger partial charge in [0.05, 0.1) is 12.2 Å². The molecule has 2 nitrogen and oxygen atoms in total. The van der Waals surface area contributed by atoms with E-state index in [4.69, 9.17) is 5.11 Å². The fraction of sp³-hybridized carbons (Fsp3) is 0.818. The maximum Gasteiger partial charge on any atom is 0.0742 e. The summed E-state index contributed by atoms with van der Waals surface area (Å²) in [7, 11) is 0. The highest BCUT2D eigenvalue weighted by Gasteiger charge is 2.07. The van der Waals surface area contributed by atoms with Crippen LogP contribution < -0.4 is 0 Å². The second-order valence-corrected chi connectivity index (χ2v) is 3.54. The van der Waals surface area contributed by atoms with E-state index in [1.807, 2.05) is 0 Å². The van der Waals surface area contributed by atoms with E-state index in [1.165, 1.54) is 25.3 Å². The molecule has 2 N–H and O–H groups in total. The molecule has 0 rings (SSSR count). The smallest absolute Gasteiger partial charge is 0.0742 e. The average molecular weight is 186 g/mol. The van der Waals surface area contributed by atoms with Crippen LogP contribution in [0.5, 0.6) is 0 Å². The lowest BCUT2D eigenvalue weighted by Crippen LogP contribution is -2.15. The van der Waals surface area contributed by atoms with Crippen molar-refractivity contribution >= 4 is 0 Å². The highest BCUT2D eigenvalue weighted by molar-refractivity contribution is 4.80. The lowest BCUT2D eigenvalue weighted by atomic mass is 10.0. The Morgan fingerprint density at radius 2 is 1.92 bits per heavy atom. The van der Waals surface area contributed by atoms with Gasteiger partial charge in [0, 0.05) is 6.42 Å². The molecule has 13 heavy (non-hydrogen) atoms. The van der Waals surface area contributed by atoms with E-state index < -0.39 is 6.10 Å². The quantitative estimate of drug-likeness (QED) is 0.451. The summed E-state index contributed by atoms with van der Waals surface area (Å²) in [5.41, 5.74) is 0. The SMILES string of the molecule is C=CC(O)C[C@H](O)CCCCCC. The molecule has 0 aromatic carbocycles. The Hall–Kier alpha value is -0.340. The van der Waals surface area contributed by atoms with Gasteiger partial charge in [-0.15, -0.1) is 6.58 Å². The van der Waals surface area contributed by atoms with Crippen molar-refractivity contribution in [1.82, 2.24) is 0 Å². The van der Waals surface area contributed by atoms with Crippen LogP contribution in [0.2, 0.25) is 0 Å². The first-order valence-corrected chi connectivity index (χ1v) is 5.19. The van der Waals surface area contributed by atoms with Crippen molar-refractivity contribution in [3.63, 3.8) is 0 Å². The molecule has 0 aromatic heterocycles. The molecule has 1 unspecified atom stereocenters. The van der Waals surface area contributed by atoms with Gasteiger partial charge in [-0.3, -0.25) is 0 Å². The third-order valence-electron chi connectivity index (χ3n) is 2.18. The first kappa shape index (κ1) is 12.7. The van der Waals surface area contributed by atoms with Gasteiger partial charge in [-0.25, -0.2) is 0 Å². The van der Waals surface area contributed by atoms with Crippen molar-refractivity contribution in [2.24, 2.45) is 0 Å². The first-order valence-electron chi connectivity index (χ1n) is 5.19. The van der Waals surface area contributed by atoms with E-state index in [2.05, 4.69) is 13.5 Å². The summed E-state index contributed by atoms with van der Waals surface area (Å²) in [5, 5.41) is 18.6. The number of rotatable bonds is 8. The molecular weight excluding hydrogens is 164 g/mol. The topological polar surface area (TPSA) is 40.5 Å². The summed E-state index contributed by atoms with van der Waals surface area (Å²) in [6, 6.07) is 0. The molecule has 0 amide bonds. The normalized spacial score (nSPS) is 15.3. The maximum absolute atomic E-state index is 9.44. The van der Waals surface area contributed by atoms with Crippen LogP contribution in [0.25, 0.3) is 0 Å². The third-order valence-corrected chi connectivity index (χ3v) is 2.18. The lowest BCUT2D eigenvalue weighted by molar-refractivity contribution is 0.0958. The molecule has 2 atom stereocenters. The van der Waals surface area contributed by atoms with E-state index in [9.17, 15) is 5.11 Å². The predicted octanol–water partition coefficient (Wildman–Crippen LogP) is 2.25. The summed E-state index contributed by atoms with van der Waals surface area (Å²) >= 11 is 0. The third kappa shape index (κ3) is 8.00. The second kappa shape index (κ2) is 8.27. The Balaban J connectivity index is 3.29. The Morgan fingerprint density at radius 1 is 1.23 bits per heavy atom. The van der Waals surface area contributed by atoms with E-state index in [-0.39, 0.29) is 6.10 Å². The van der Waals surface area contributed by atoms with Crippen LogP contribution in [-0.2, 0) is 0 Å². The van der Waals surface area contributed by atoms with Crippen LogP contribution in [0.3, 0.4) is 0 Å². The Morgan fingerprint density at radius 3 is 2.46 bits per heavy atom. The Bertz CT molecular complexity index is 123. The van der Waals surface area contributed by atoms with Gasteiger partial charge in [0.25, 0.3) is 0 Å². The number of hydrogen-bond acceptors (Lipinski definition) is 2. The van der Waals surface area contributed by atoms with Gasteiger partial charge < -0.3 is 10.2 Å². The molecule has 0 aliphatic heterocycles. The van der Waals surface area contributed by atoms with Gasteiger partial charge in [0.1, 0.15) is 0 Å². The van der Waals surface area contributed by atoms with Gasteiger partial charge in [0.2, 0.25) is 0 Å². The number of hydrogen-bond donors (Lipinski definition) is 2. The number of aliphatic hydroxyl groups is 2. The van der Waals surface area contributed by atoms with Gasteiger partial charge in [-0.1, -0.05) is 38.7 Å². The standard InChI is InChI=1S/C11H22O2/c1-3-5-6-7-8-11(13)9-10(12)4-2/h4,10-13H,2-3,5-9H2,1H3/t10?,11-/m1/s1. The molecule has 0 saturated carbocycles. The van der Waals surface area contributed by atoms with Crippen molar-refractivity contribution < 1.29 is 10.2 Å². The molecule has 0 saturated heterocycles. The summed E-state index contributed by atoms with van der Waals surface area (Å²) in [5.74, 6) is 0. The minimum atomic E-state index is -0.554. The van der Waals surface area contributed by atoms with Crippen LogP contribution in [0.4, 0.5) is 0 Å². The monoisotopic (exact) mass is 186 g/mol. The first-order chi connectivity index (χ1) is 6.20. The number of unbranched alkanes of at least 4 members (excludes halogenated alkanes) is 3. The highest BCUT2D eigenvalue weighted by Crippen LogP contribution is 2.09. The molecule has 78 valence electrons. The fourth-order valence-electron chi connectivity index (χ4n) is 1.30. The van der Waals surface area contributed by atoms with Crippen molar-refractivity contribution in [3.05, 3.63) is 12.7 Å². The molecule has 0 aliphatic carbocycles. The average Bonchev–Trinajstić information content (AvgIpc) is 2.12. The minimum Gasteiger partial charge on any atom is -0.393 e. The van der Waals surface area contributed by atoms with E-state index >= 15 is 0 Å². The van der Waals surface area contributed by atoms with E-state index in [0.717, 1.165) is 12.8 Å². The minimum absolute atomic E-state index is 0.371. The van der Waals surface area contributed by atoms with Gasteiger partial charge >= 0.3 is 0 Å². The molecule has 0 aromatic rings. The summed E-state index contributed by atoms with van der Waals surface area (Å²) < 4.78 is 0. The van der Waals surface area contributed by atoms with Crippen LogP contribution in [0, 0.1) is 0 Å². The van der Waals surface area contributed by atoms with Crippen molar-refractivity contribution in [1.29, 1.82) is 0 Å². The maximum atomic E-state index is 9.44. The molecule has 0 bridgehead atoms. The number of aliphatic hydroxyl groups excluding tert-OH is 2. The van der Waals surface area contributed by atoms with Crippen LogP contribution in [-0.4, -0.2) is 22.4 Å². The molecule has 0 spiro atoms. The van der Waals surface area contributed by atoms with Gasteiger partial charge in [-0.2, -0.15) is 0 Å². The van der Waals surface area contributed by atoms with Crippen LogP contribution in [0.1, 0.15) is 45.4 Å². The van der Waals surface area contributed by atoms with Crippen molar-refractivity contribution in [2.75, 3.05) is 0 Å². The van der Waals surface area contributed by atoms with Crippen molar-refractivity contribution in [3.8, 4) is 0 Å². The van der Waals surface area contributed by atoms with E-state index in [1.54, 1.807) is 0 Å². The molecule has 0 radical (unpaired) electrons. The fourth-order valence-corrected chi connectivity index (χ4v) is 1.30. The highest BCUT2D eigenvalue weighted by atomic mass is 16.3. The Labute approximate surface area is 81.3 Å². The summed E-state index contributed by atoms with van der Waals surface area (Å²) in [4.78, 5) is 0.